The summed E-state index contributed by atoms with van der Waals surface area (Å²) in [6, 6.07) is 20.8. The minimum absolute atomic E-state index is 0.0921. The molecule has 5 rings (SSSR count). The van der Waals surface area contributed by atoms with Gasteiger partial charge in [-0.05, 0) is 36.4 Å². The van der Waals surface area contributed by atoms with Crippen LogP contribution in [0.25, 0.3) is 21.8 Å². The molecule has 1 aliphatic rings. The van der Waals surface area contributed by atoms with Crippen molar-refractivity contribution in [3.05, 3.63) is 88.8 Å². The number of fused-ring (bicyclic) bond motifs is 2. The first-order chi connectivity index (χ1) is 17.0. The lowest BCUT2D eigenvalue weighted by atomic mass is 10.1. The van der Waals surface area contributed by atoms with E-state index in [1.807, 2.05) is 17.0 Å². The van der Waals surface area contributed by atoms with E-state index < -0.39 is 5.97 Å². The van der Waals surface area contributed by atoms with Gasteiger partial charge < -0.3 is 19.1 Å². The molecule has 35 heavy (non-hydrogen) atoms. The first-order valence-electron chi connectivity index (χ1n) is 11.5. The van der Waals surface area contributed by atoms with Gasteiger partial charge in [0.1, 0.15) is 12.4 Å². The van der Waals surface area contributed by atoms with Crippen molar-refractivity contribution < 1.29 is 18.7 Å². The minimum atomic E-state index is -0.567. The van der Waals surface area contributed by atoms with Gasteiger partial charge in [0.2, 0.25) is 0 Å². The Balaban J connectivity index is 1.24. The monoisotopic (exact) mass is 473 g/mol. The summed E-state index contributed by atoms with van der Waals surface area (Å²) in [5.41, 5.74) is 1.68. The molecule has 1 amide bonds. The number of rotatable bonds is 5. The van der Waals surface area contributed by atoms with Crippen LogP contribution in [0.15, 0.2) is 77.6 Å². The summed E-state index contributed by atoms with van der Waals surface area (Å²) in [7, 11) is 0. The molecule has 0 atom stereocenters. The van der Waals surface area contributed by atoms with Crippen molar-refractivity contribution >= 4 is 39.4 Å². The van der Waals surface area contributed by atoms with Crippen LogP contribution in [-0.4, -0.2) is 54.1 Å². The standard InChI is InChI=1S/C27H24FN3O4/c28-21-9-3-6-12-24(21)29-13-15-30(16-14-29)25(32)18-35-26(33)17-31-22-10-4-1-7-19(22)27(34)20-8-2-5-11-23(20)31/h1-12H,13-18H2. The third-order valence-corrected chi connectivity index (χ3v) is 6.35. The van der Waals surface area contributed by atoms with Crippen molar-refractivity contribution in [1.82, 2.24) is 9.47 Å². The lowest BCUT2D eigenvalue weighted by Crippen LogP contribution is -2.50. The normalized spacial score (nSPS) is 13.9. The molecule has 1 fully saturated rings. The lowest BCUT2D eigenvalue weighted by molar-refractivity contribution is -0.152. The largest absolute Gasteiger partial charge is 0.454 e. The second-order valence-electron chi connectivity index (χ2n) is 8.43. The van der Waals surface area contributed by atoms with Crippen LogP contribution in [0.2, 0.25) is 0 Å². The Labute approximate surface area is 200 Å². The maximum absolute atomic E-state index is 14.0. The Kier molecular flexibility index (Phi) is 6.18. The zero-order valence-electron chi connectivity index (χ0n) is 19.0. The van der Waals surface area contributed by atoms with Crippen LogP contribution < -0.4 is 10.3 Å². The minimum Gasteiger partial charge on any atom is -0.454 e. The van der Waals surface area contributed by atoms with Gasteiger partial charge in [0.15, 0.2) is 12.0 Å². The van der Waals surface area contributed by atoms with Gasteiger partial charge in [-0.25, -0.2) is 4.39 Å². The van der Waals surface area contributed by atoms with Crippen LogP contribution in [0.4, 0.5) is 10.1 Å². The molecule has 178 valence electrons. The van der Waals surface area contributed by atoms with Gasteiger partial charge in [0.05, 0.1) is 16.7 Å². The van der Waals surface area contributed by atoms with Gasteiger partial charge in [-0.3, -0.25) is 14.4 Å². The second-order valence-corrected chi connectivity index (χ2v) is 8.43. The van der Waals surface area contributed by atoms with E-state index in [1.165, 1.54) is 6.07 Å². The molecule has 7 nitrogen and oxygen atoms in total. The average Bonchev–Trinajstić information content (AvgIpc) is 2.90. The van der Waals surface area contributed by atoms with Crippen molar-refractivity contribution in [3.8, 4) is 0 Å². The highest BCUT2D eigenvalue weighted by atomic mass is 19.1. The number of halogens is 1. The third-order valence-electron chi connectivity index (χ3n) is 6.35. The van der Waals surface area contributed by atoms with Crippen LogP contribution in [0, 0.1) is 5.82 Å². The van der Waals surface area contributed by atoms with Crippen molar-refractivity contribution in [2.75, 3.05) is 37.7 Å². The molecule has 1 aromatic heterocycles. The smallest absolute Gasteiger partial charge is 0.326 e. The van der Waals surface area contributed by atoms with E-state index in [-0.39, 0.29) is 30.3 Å². The van der Waals surface area contributed by atoms with Gasteiger partial charge >= 0.3 is 5.97 Å². The van der Waals surface area contributed by atoms with E-state index >= 15 is 0 Å². The van der Waals surface area contributed by atoms with Crippen LogP contribution in [0.5, 0.6) is 0 Å². The van der Waals surface area contributed by atoms with Gasteiger partial charge in [0.25, 0.3) is 5.91 Å². The number of benzene rings is 3. The molecule has 1 aliphatic heterocycles. The fraction of sp³-hybridized carbons (Fsp3) is 0.222. The average molecular weight is 474 g/mol. The van der Waals surface area contributed by atoms with Crippen molar-refractivity contribution in [1.29, 1.82) is 0 Å². The molecule has 0 spiro atoms. The maximum atomic E-state index is 14.0. The van der Waals surface area contributed by atoms with Crippen LogP contribution in [0.3, 0.4) is 0 Å². The van der Waals surface area contributed by atoms with Gasteiger partial charge in [-0.2, -0.15) is 0 Å². The van der Waals surface area contributed by atoms with Gasteiger partial charge in [-0.15, -0.1) is 0 Å². The topological polar surface area (TPSA) is 71.8 Å². The van der Waals surface area contributed by atoms with Gasteiger partial charge in [-0.1, -0.05) is 36.4 Å². The number of piperazine rings is 1. The summed E-state index contributed by atoms with van der Waals surface area (Å²) in [6.07, 6.45) is 0. The summed E-state index contributed by atoms with van der Waals surface area (Å²) >= 11 is 0. The zero-order valence-corrected chi connectivity index (χ0v) is 19.0. The Morgan fingerprint density at radius 1 is 0.800 bits per heavy atom. The number of para-hydroxylation sites is 3. The maximum Gasteiger partial charge on any atom is 0.326 e. The highest BCUT2D eigenvalue weighted by Gasteiger charge is 2.23. The molecule has 0 bridgehead atoms. The van der Waals surface area contributed by atoms with Crippen LogP contribution >= 0.6 is 0 Å². The summed E-state index contributed by atoms with van der Waals surface area (Å²) in [5, 5.41) is 1.03. The number of pyridine rings is 1. The number of nitrogens with zero attached hydrogens (tertiary/aromatic N) is 3. The third kappa shape index (κ3) is 4.47. The highest BCUT2D eigenvalue weighted by molar-refractivity contribution is 5.94. The van der Waals surface area contributed by atoms with Crippen molar-refractivity contribution in [3.63, 3.8) is 0 Å². The molecular weight excluding hydrogens is 449 g/mol. The predicted octanol–water partition coefficient (Wildman–Crippen LogP) is 3.19. The number of carbonyl (C=O) groups is 2. The van der Waals surface area contributed by atoms with E-state index in [9.17, 15) is 18.8 Å². The first kappa shape index (κ1) is 22.6. The molecule has 8 heteroatoms. The number of amides is 1. The summed E-state index contributed by atoms with van der Waals surface area (Å²) in [4.78, 5) is 41.7. The zero-order chi connectivity index (χ0) is 24.4. The van der Waals surface area contributed by atoms with Crippen LogP contribution in [0.1, 0.15) is 0 Å². The predicted molar refractivity (Wildman–Crippen MR) is 132 cm³/mol. The highest BCUT2D eigenvalue weighted by Crippen LogP contribution is 2.21. The fourth-order valence-electron chi connectivity index (χ4n) is 4.56. The summed E-state index contributed by atoms with van der Waals surface area (Å²) in [5.74, 6) is -1.15. The number of hydrogen-bond donors (Lipinski definition) is 0. The molecule has 0 radical (unpaired) electrons. The number of ether oxygens (including phenoxy) is 1. The van der Waals surface area contributed by atoms with E-state index in [2.05, 4.69) is 0 Å². The van der Waals surface area contributed by atoms with Crippen LogP contribution in [-0.2, 0) is 20.9 Å². The molecule has 4 aromatic rings. The molecule has 0 N–H and O–H groups in total. The second kappa shape index (κ2) is 9.58. The number of anilines is 1. The van der Waals surface area contributed by atoms with E-state index in [4.69, 9.17) is 4.74 Å². The van der Waals surface area contributed by atoms with Gasteiger partial charge in [0, 0.05) is 37.0 Å². The summed E-state index contributed by atoms with van der Waals surface area (Å²) < 4.78 is 21.1. The number of hydrogen-bond acceptors (Lipinski definition) is 5. The molecule has 0 saturated carbocycles. The number of aromatic nitrogens is 1. The Hall–Kier alpha value is -4.20. The fourth-order valence-corrected chi connectivity index (χ4v) is 4.56. The van der Waals surface area contributed by atoms with E-state index in [0.717, 1.165) is 0 Å². The van der Waals surface area contributed by atoms with Crippen molar-refractivity contribution in [2.45, 2.75) is 6.54 Å². The van der Waals surface area contributed by atoms with E-state index in [1.54, 1.807) is 64.1 Å². The molecule has 3 aromatic carbocycles. The Morgan fingerprint density at radius 2 is 1.37 bits per heavy atom. The lowest BCUT2D eigenvalue weighted by Gasteiger charge is -2.36. The Bertz CT molecular complexity index is 1410. The first-order valence-corrected chi connectivity index (χ1v) is 11.5. The molecule has 0 aliphatic carbocycles. The molecule has 0 unspecified atom stereocenters. The SMILES string of the molecule is O=C(Cn1c2ccccc2c(=O)c2ccccc21)OCC(=O)N1CCN(c2ccccc2F)CC1. The summed E-state index contributed by atoms with van der Waals surface area (Å²) in [6.45, 7) is 1.33. The molecule has 2 heterocycles. The number of carbonyl (C=O) groups excluding carboxylic acids is 2. The van der Waals surface area contributed by atoms with Crippen molar-refractivity contribution in [2.24, 2.45) is 0 Å². The Morgan fingerprint density at radius 3 is 2.00 bits per heavy atom. The van der Waals surface area contributed by atoms with E-state index in [0.29, 0.717) is 53.7 Å². The number of esters is 1. The molecule has 1 saturated heterocycles. The quantitative estimate of drug-likeness (QED) is 0.329. The molecular formula is C27H24FN3O4.